The van der Waals surface area contributed by atoms with E-state index >= 15 is 0 Å². The summed E-state index contributed by atoms with van der Waals surface area (Å²) < 4.78 is 5.09. The lowest BCUT2D eigenvalue weighted by atomic mass is 9.85. The van der Waals surface area contributed by atoms with Gasteiger partial charge in [0.2, 0.25) is 5.91 Å². The molecule has 0 aromatic heterocycles. The zero-order chi connectivity index (χ0) is 12.8. The number of nitrogens with two attached hydrogens (primary N) is 1. The van der Waals surface area contributed by atoms with Gasteiger partial charge in [-0.15, -0.1) is 0 Å². The maximum absolute atomic E-state index is 12.4. The topological polar surface area (TPSA) is 55.6 Å². The maximum atomic E-state index is 12.4. The van der Waals surface area contributed by atoms with Crippen LogP contribution >= 0.6 is 0 Å². The predicted octanol–water partition coefficient (Wildman–Crippen LogP) is 1.24. The van der Waals surface area contributed by atoms with Crippen LogP contribution in [0.4, 0.5) is 0 Å². The van der Waals surface area contributed by atoms with Crippen LogP contribution in [0.5, 0.6) is 0 Å². The first-order valence-corrected chi connectivity index (χ1v) is 5.96. The number of amides is 1. The van der Waals surface area contributed by atoms with Crippen LogP contribution in [0.25, 0.3) is 0 Å². The number of hydrogen-bond acceptors (Lipinski definition) is 3. The van der Waals surface area contributed by atoms with E-state index in [1.807, 2.05) is 32.6 Å². The smallest absolute Gasteiger partial charge is 0.230 e. The molecule has 0 bridgehead atoms. The number of methoxy groups -OCH3 is 1. The molecule has 0 heterocycles. The van der Waals surface area contributed by atoms with Gasteiger partial charge in [0.05, 0.1) is 18.1 Å². The Labute approximate surface area is 99.1 Å². The van der Waals surface area contributed by atoms with Gasteiger partial charge < -0.3 is 15.4 Å². The van der Waals surface area contributed by atoms with Gasteiger partial charge >= 0.3 is 0 Å². The molecular weight excluding hydrogens is 204 g/mol. The molecule has 0 aromatic carbocycles. The Morgan fingerprint density at radius 3 is 2.38 bits per heavy atom. The summed E-state index contributed by atoms with van der Waals surface area (Å²) in [5, 5.41) is 0. The summed E-state index contributed by atoms with van der Waals surface area (Å²) in [6, 6.07) is 0.0972. The highest BCUT2D eigenvalue weighted by Gasteiger charge is 2.34. The van der Waals surface area contributed by atoms with Crippen LogP contribution in [-0.4, -0.2) is 43.7 Å². The summed E-state index contributed by atoms with van der Waals surface area (Å²) in [4.78, 5) is 14.2. The zero-order valence-corrected chi connectivity index (χ0v) is 11.2. The molecule has 0 rings (SSSR count). The Morgan fingerprint density at radius 2 is 2.06 bits per heavy atom. The van der Waals surface area contributed by atoms with Crippen molar-refractivity contribution in [3.63, 3.8) is 0 Å². The van der Waals surface area contributed by atoms with Crippen LogP contribution in [0.1, 0.15) is 34.1 Å². The van der Waals surface area contributed by atoms with E-state index in [1.165, 1.54) is 0 Å². The molecule has 0 radical (unpaired) electrons. The molecule has 2 unspecified atom stereocenters. The molecule has 2 atom stereocenters. The van der Waals surface area contributed by atoms with Gasteiger partial charge in [-0.05, 0) is 27.2 Å². The molecule has 16 heavy (non-hydrogen) atoms. The first-order valence-electron chi connectivity index (χ1n) is 5.96. The van der Waals surface area contributed by atoms with Crippen molar-refractivity contribution in [1.29, 1.82) is 0 Å². The minimum Gasteiger partial charge on any atom is -0.383 e. The van der Waals surface area contributed by atoms with Crippen molar-refractivity contribution in [1.82, 2.24) is 4.90 Å². The Bertz CT molecular complexity index is 215. The second-order valence-corrected chi connectivity index (χ2v) is 4.51. The van der Waals surface area contributed by atoms with E-state index in [0.717, 1.165) is 6.42 Å². The highest BCUT2D eigenvalue weighted by Crippen LogP contribution is 2.23. The molecule has 0 saturated carbocycles. The molecule has 0 aliphatic heterocycles. The first kappa shape index (κ1) is 15.4. The molecule has 4 nitrogen and oxygen atoms in total. The average Bonchev–Trinajstić information content (AvgIpc) is 2.29. The van der Waals surface area contributed by atoms with E-state index < -0.39 is 5.41 Å². The quantitative estimate of drug-likeness (QED) is 0.716. The third-order valence-electron chi connectivity index (χ3n) is 3.29. The van der Waals surface area contributed by atoms with E-state index in [4.69, 9.17) is 10.5 Å². The van der Waals surface area contributed by atoms with E-state index in [9.17, 15) is 4.79 Å². The van der Waals surface area contributed by atoms with Crippen molar-refractivity contribution < 1.29 is 9.53 Å². The lowest BCUT2D eigenvalue weighted by Gasteiger charge is -2.36. The number of nitrogens with zero attached hydrogens (tertiary/aromatic N) is 1. The molecule has 0 aliphatic carbocycles. The highest BCUT2D eigenvalue weighted by atomic mass is 16.5. The van der Waals surface area contributed by atoms with Gasteiger partial charge in [0, 0.05) is 20.2 Å². The SMILES string of the molecule is CCN(C(=O)C(C)(CC)CN)C(C)COC. The lowest BCUT2D eigenvalue weighted by molar-refractivity contribution is -0.143. The summed E-state index contributed by atoms with van der Waals surface area (Å²) in [5.41, 5.74) is 5.26. The Balaban J connectivity index is 4.76. The van der Waals surface area contributed by atoms with Crippen molar-refractivity contribution in [2.45, 2.75) is 40.2 Å². The molecular formula is C12H26N2O2. The van der Waals surface area contributed by atoms with Crippen LogP contribution in [0, 0.1) is 5.41 Å². The fourth-order valence-corrected chi connectivity index (χ4v) is 1.72. The summed E-state index contributed by atoms with van der Waals surface area (Å²) in [7, 11) is 1.65. The van der Waals surface area contributed by atoms with Gasteiger partial charge in [-0.1, -0.05) is 6.92 Å². The Hall–Kier alpha value is -0.610. The third-order valence-corrected chi connectivity index (χ3v) is 3.29. The van der Waals surface area contributed by atoms with Gasteiger partial charge in [0.1, 0.15) is 0 Å². The van der Waals surface area contributed by atoms with E-state index in [-0.39, 0.29) is 11.9 Å². The van der Waals surface area contributed by atoms with E-state index in [2.05, 4.69) is 0 Å². The van der Waals surface area contributed by atoms with Gasteiger partial charge in [-0.25, -0.2) is 0 Å². The molecule has 96 valence electrons. The number of ether oxygens (including phenoxy) is 1. The Kier molecular flexibility index (Phi) is 6.60. The Morgan fingerprint density at radius 1 is 1.50 bits per heavy atom. The third kappa shape index (κ3) is 3.46. The number of hydrogen-bond donors (Lipinski definition) is 1. The molecule has 0 aromatic rings. The van der Waals surface area contributed by atoms with Gasteiger partial charge in [0.15, 0.2) is 0 Å². The van der Waals surface area contributed by atoms with Crippen LogP contribution in [0.2, 0.25) is 0 Å². The molecule has 0 spiro atoms. The van der Waals surface area contributed by atoms with Crippen molar-refractivity contribution in [2.24, 2.45) is 11.1 Å². The molecule has 0 aliphatic rings. The highest BCUT2D eigenvalue weighted by molar-refractivity contribution is 5.82. The van der Waals surface area contributed by atoms with E-state index in [1.54, 1.807) is 7.11 Å². The standard InChI is InChI=1S/C12H26N2O2/c1-6-12(4,9-13)11(15)14(7-2)10(3)8-16-5/h10H,6-9,13H2,1-5H3. The molecule has 4 heteroatoms. The molecule has 0 saturated heterocycles. The summed E-state index contributed by atoms with van der Waals surface area (Å²) in [6.45, 7) is 9.55. The monoisotopic (exact) mass is 230 g/mol. The number of rotatable bonds is 7. The maximum Gasteiger partial charge on any atom is 0.230 e. The van der Waals surface area contributed by atoms with Crippen LogP contribution in [0.15, 0.2) is 0 Å². The molecule has 2 N–H and O–H groups in total. The van der Waals surface area contributed by atoms with Crippen LogP contribution < -0.4 is 5.73 Å². The lowest BCUT2D eigenvalue weighted by Crippen LogP contribution is -2.50. The fourth-order valence-electron chi connectivity index (χ4n) is 1.72. The second kappa shape index (κ2) is 6.86. The molecule has 0 fully saturated rings. The largest absolute Gasteiger partial charge is 0.383 e. The summed E-state index contributed by atoms with van der Waals surface area (Å²) in [5.74, 6) is 0.129. The van der Waals surface area contributed by atoms with Gasteiger partial charge in [-0.2, -0.15) is 0 Å². The van der Waals surface area contributed by atoms with Crippen LogP contribution in [-0.2, 0) is 9.53 Å². The van der Waals surface area contributed by atoms with Gasteiger partial charge in [0.25, 0.3) is 0 Å². The van der Waals surface area contributed by atoms with Crippen molar-refractivity contribution in [3.05, 3.63) is 0 Å². The normalized spacial score (nSPS) is 16.6. The number of carbonyl (C=O) groups is 1. The summed E-state index contributed by atoms with van der Waals surface area (Å²) in [6.07, 6.45) is 0.762. The minimum absolute atomic E-state index is 0.0972. The van der Waals surface area contributed by atoms with Crippen molar-refractivity contribution in [3.8, 4) is 0 Å². The first-order chi connectivity index (χ1) is 7.46. The van der Waals surface area contributed by atoms with Crippen molar-refractivity contribution >= 4 is 5.91 Å². The van der Waals surface area contributed by atoms with Crippen LogP contribution in [0.3, 0.4) is 0 Å². The molecule has 1 amide bonds. The number of carbonyl (C=O) groups excluding carboxylic acids is 1. The zero-order valence-electron chi connectivity index (χ0n) is 11.2. The predicted molar refractivity (Wildman–Crippen MR) is 66.2 cm³/mol. The minimum atomic E-state index is -0.446. The second-order valence-electron chi connectivity index (χ2n) is 4.51. The average molecular weight is 230 g/mol. The van der Waals surface area contributed by atoms with Gasteiger partial charge in [-0.3, -0.25) is 4.79 Å². The summed E-state index contributed by atoms with van der Waals surface area (Å²) >= 11 is 0. The fraction of sp³-hybridized carbons (Fsp3) is 0.917. The number of likely N-dealkylation sites (N-methyl/N-ethyl adjacent to an activating group) is 1. The van der Waals surface area contributed by atoms with Crippen molar-refractivity contribution in [2.75, 3.05) is 26.8 Å². The van der Waals surface area contributed by atoms with E-state index in [0.29, 0.717) is 19.7 Å².